The quantitative estimate of drug-likeness (QED) is 0.479. The van der Waals surface area contributed by atoms with Crippen LogP contribution in [0.4, 0.5) is 0 Å². The molecule has 4 aromatic heterocycles. The van der Waals surface area contributed by atoms with Crippen molar-refractivity contribution in [2.24, 2.45) is 14.1 Å². The average molecular weight is 393 g/mol. The normalized spacial score (nSPS) is 11.4. The minimum Gasteiger partial charge on any atom is -0.255 e. The highest BCUT2D eigenvalue weighted by Gasteiger charge is 2.03. The van der Waals surface area contributed by atoms with Gasteiger partial charge in [0, 0.05) is 36.7 Å². The molecule has 0 saturated carbocycles. The molecule has 4 aromatic rings. The zero-order chi connectivity index (χ0) is 20.8. The summed E-state index contributed by atoms with van der Waals surface area (Å²) < 4.78 is 4.04. The summed E-state index contributed by atoms with van der Waals surface area (Å²) in [6.45, 7) is 0. The molecule has 146 valence electrons. The van der Waals surface area contributed by atoms with Gasteiger partial charge < -0.3 is 0 Å². The van der Waals surface area contributed by atoms with Gasteiger partial charge in [-0.2, -0.15) is 0 Å². The predicted octanol–water partition coefficient (Wildman–Crippen LogP) is 4.13. The van der Waals surface area contributed by atoms with Gasteiger partial charge in [-0.1, -0.05) is 24.3 Å². The lowest BCUT2D eigenvalue weighted by molar-refractivity contribution is -0.671. The second kappa shape index (κ2) is 9.05. The summed E-state index contributed by atoms with van der Waals surface area (Å²) in [6.07, 6.45) is 20.2. The maximum atomic E-state index is 4.52. The maximum Gasteiger partial charge on any atom is 0.169 e. The number of nitrogens with zero attached hydrogens (tertiary/aromatic N) is 4. The Hall–Kier alpha value is -3.92. The van der Waals surface area contributed by atoms with Crippen LogP contribution in [0.1, 0.15) is 22.3 Å². The second-order valence-electron chi connectivity index (χ2n) is 7.21. The molecular weight excluding hydrogens is 368 g/mol. The van der Waals surface area contributed by atoms with Gasteiger partial charge in [0.05, 0.1) is 11.4 Å². The van der Waals surface area contributed by atoms with Crippen molar-refractivity contribution in [3.05, 3.63) is 108 Å². The predicted molar refractivity (Wildman–Crippen MR) is 121 cm³/mol. The Morgan fingerprint density at radius 3 is 1.30 bits per heavy atom. The lowest BCUT2D eigenvalue weighted by Crippen LogP contribution is -2.25. The third-order valence-corrected chi connectivity index (χ3v) is 4.78. The Labute approximate surface area is 177 Å². The summed E-state index contributed by atoms with van der Waals surface area (Å²) in [6, 6.07) is 16.5. The zero-order valence-corrected chi connectivity index (χ0v) is 17.2. The van der Waals surface area contributed by atoms with Gasteiger partial charge >= 0.3 is 0 Å². The van der Waals surface area contributed by atoms with Crippen molar-refractivity contribution < 1.29 is 9.13 Å². The molecule has 0 atom stereocenters. The summed E-state index contributed by atoms with van der Waals surface area (Å²) in [5.74, 6) is 0. The van der Waals surface area contributed by atoms with E-state index in [1.54, 1.807) is 0 Å². The van der Waals surface area contributed by atoms with Crippen LogP contribution < -0.4 is 9.13 Å². The van der Waals surface area contributed by atoms with Crippen LogP contribution >= 0.6 is 0 Å². The lowest BCUT2D eigenvalue weighted by atomic mass is 10.1. The summed E-state index contributed by atoms with van der Waals surface area (Å²) >= 11 is 0. The van der Waals surface area contributed by atoms with Gasteiger partial charge in [-0.15, -0.1) is 0 Å². The van der Waals surface area contributed by atoms with Crippen LogP contribution in [-0.4, -0.2) is 9.97 Å². The molecule has 0 spiro atoms. The van der Waals surface area contributed by atoms with E-state index in [1.807, 2.05) is 72.5 Å². The van der Waals surface area contributed by atoms with E-state index in [0.717, 1.165) is 33.6 Å². The first-order valence-electron chi connectivity index (χ1n) is 9.85. The van der Waals surface area contributed by atoms with Gasteiger partial charge in [0.25, 0.3) is 0 Å². The van der Waals surface area contributed by atoms with Gasteiger partial charge in [-0.3, -0.25) is 9.97 Å². The molecular formula is C26H24N4+2. The van der Waals surface area contributed by atoms with Crippen molar-refractivity contribution in [1.29, 1.82) is 0 Å². The van der Waals surface area contributed by atoms with Crippen molar-refractivity contribution in [2.75, 3.05) is 0 Å². The summed E-state index contributed by atoms with van der Waals surface area (Å²) in [4.78, 5) is 9.04. The van der Waals surface area contributed by atoms with Crippen molar-refractivity contribution in [2.45, 2.75) is 0 Å². The SMILES string of the molecule is C[n+]1ccc(/C=C/c2ccnc(-c3cc(/C=C/c4cc[n+](C)cc4)ccn3)c2)cc1. The fourth-order valence-corrected chi connectivity index (χ4v) is 3.01. The smallest absolute Gasteiger partial charge is 0.169 e. The summed E-state index contributed by atoms with van der Waals surface area (Å²) in [5.41, 5.74) is 6.22. The van der Waals surface area contributed by atoms with E-state index >= 15 is 0 Å². The van der Waals surface area contributed by atoms with Gasteiger partial charge in [0.2, 0.25) is 0 Å². The van der Waals surface area contributed by atoms with Crippen molar-refractivity contribution in [1.82, 2.24) is 9.97 Å². The highest BCUT2D eigenvalue weighted by molar-refractivity contribution is 5.73. The van der Waals surface area contributed by atoms with Crippen LogP contribution in [0.15, 0.2) is 85.7 Å². The third-order valence-electron chi connectivity index (χ3n) is 4.78. The van der Waals surface area contributed by atoms with E-state index in [9.17, 15) is 0 Å². The summed E-state index contributed by atoms with van der Waals surface area (Å²) in [5, 5.41) is 0. The molecule has 0 saturated heterocycles. The molecule has 4 heteroatoms. The van der Waals surface area contributed by atoms with Crippen LogP contribution in [-0.2, 0) is 14.1 Å². The molecule has 0 radical (unpaired) electrons. The molecule has 0 aliphatic carbocycles. The third kappa shape index (κ3) is 5.11. The number of hydrogen-bond donors (Lipinski definition) is 0. The van der Waals surface area contributed by atoms with Crippen LogP contribution in [0.3, 0.4) is 0 Å². The first-order chi connectivity index (χ1) is 14.7. The van der Waals surface area contributed by atoms with Crippen LogP contribution in [0.2, 0.25) is 0 Å². The second-order valence-corrected chi connectivity index (χ2v) is 7.21. The minimum atomic E-state index is 0.860. The zero-order valence-electron chi connectivity index (χ0n) is 17.2. The maximum absolute atomic E-state index is 4.52. The molecule has 4 rings (SSSR count). The van der Waals surface area contributed by atoms with E-state index in [2.05, 4.69) is 70.7 Å². The number of pyridine rings is 4. The summed E-state index contributed by atoms with van der Waals surface area (Å²) in [7, 11) is 4.03. The lowest BCUT2D eigenvalue weighted by Gasteiger charge is -2.03. The standard InChI is InChI=1S/C26H24N4/c1-29-15-9-21(10-16-29)3-5-23-7-13-27-25(19-23)26-20-24(8-14-28-26)6-4-22-11-17-30(2)18-12-22/h3-20H,1-2H3/q+2/b5-3+,6-4+. The van der Waals surface area contributed by atoms with E-state index in [0.29, 0.717) is 0 Å². The van der Waals surface area contributed by atoms with Gasteiger partial charge in [-0.05, 0) is 46.5 Å². The van der Waals surface area contributed by atoms with Crippen LogP contribution in [0.25, 0.3) is 35.7 Å². The molecule has 4 nitrogen and oxygen atoms in total. The fourth-order valence-electron chi connectivity index (χ4n) is 3.01. The van der Waals surface area contributed by atoms with Gasteiger partial charge in [0.15, 0.2) is 24.8 Å². The van der Waals surface area contributed by atoms with E-state index in [4.69, 9.17) is 0 Å². The molecule has 30 heavy (non-hydrogen) atoms. The van der Waals surface area contributed by atoms with E-state index in [-0.39, 0.29) is 0 Å². The number of aromatic nitrogens is 4. The minimum absolute atomic E-state index is 0.860. The largest absolute Gasteiger partial charge is 0.255 e. The highest BCUT2D eigenvalue weighted by Crippen LogP contribution is 2.19. The monoisotopic (exact) mass is 392 g/mol. The molecule has 0 aliphatic rings. The van der Waals surface area contributed by atoms with Crippen molar-refractivity contribution in [3.8, 4) is 11.4 Å². The fraction of sp³-hybridized carbons (Fsp3) is 0.0769. The molecule has 0 aromatic carbocycles. The average Bonchev–Trinajstić information content (AvgIpc) is 2.79. The van der Waals surface area contributed by atoms with Gasteiger partial charge in [-0.25, -0.2) is 9.13 Å². The highest BCUT2D eigenvalue weighted by atomic mass is 14.9. The van der Waals surface area contributed by atoms with E-state index in [1.165, 1.54) is 0 Å². The molecule has 0 aliphatic heterocycles. The Morgan fingerprint density at radius 1 is 0.533 bits per heavy atom. The molecule has 0 N–H and O–H groups in total. The Bertz CT molecular complexity index is 1090. The van der Waals surface area contributed by atoms with E-state index < -0.39 is 0 Å². The Balaban J connectivity index is 1.54. The number of aryl methyl sites for hydroxylation is 2. The molecule has 0 bridgehead atoms. The number of hydrogen-bond acceptors (Lipinski definition) is 2. The van der Waals surface area contributed by atoms with Crippen molar-refractivity contribution >= 4 is 24.3 Å². The molecule has 0 fully saturated rings. The topological polar surface area (TPSA) is 33.5 Å². The first kappa shape index (κ1) is 19.4. The molecule has 0 unspecified atom stereocenters. The Kier molecular flexibility index (Phi) is 5.85. The van der Waals surface area contributed by atoms with Crippen LogP contribution in [0, 0.1) is 0 Å². The molecule has 0 amide bonds. The Morgan fingerprint density at radius 2 is 0.900 bits per heavy atom. The van der Waals surface area contributed by atoms with Crippen molar-refractivity contribution in [3.63, 3.8) is 0 Å². The van der Waals surface area contributed by atoms with Gasteiger partial charge in [0.1, 0.15) is 14.1 Å². The number of rotatable bonds is 5. The first-order valence-corrected chi connectivity index (χ1v) is 9.85. The molecule has 4 heterocycles. The van der Waals surface area contributed by atoms with Crippen LogP contribution in [0.5, 0.6) is 0 Å².